The van der Waals surface area contributed by atoms with E-state index in [4.69, 9.17) is 10.5 Å². The Morgan fingerprint density at radius 1 is 1.39 bits per heavy atom. The minimum Gasteiger partial charge on any atom is -0.494 e. The number of halogens is 1. The van der Waals surface area contributed by atoms with Gasteiger partial charge in [-0.3, -0.25) is 0 Å². The van der Waals surface area contributed by atoms with Crippen LogP contribution in [0.4, 0.5) is 4.39 Å². The molecule has 0 aromatic heterocycles. The number of aliphatic hydroxyl groups excluding tert-OH is 1. The van der Waals surface area contributed by atoms with Crippen LogP contribution in [-0.2, 0) is 0 Å². The second-order valence-corrected chi connectivity index (χ2v) is 4.92. The van der Waals surface area contributed by atoms with Crippen molar-refractivity contribution in [1.29, 1.82) is 0 Å². The van der Waals surface area contributed by atoms with Gasteiger partial charge in [-0.1, -0.05) is 25.0 Å². The lowest BCUT2D eigenvalue weighted by atomic mass is 9.90. The molecule has 0 spiro atoms. The molecule has 0 bridgehead atoms. The summed E-state index contributed by atoms with van der Waals surface area (Å²) in [6, 6.07) is 4.16. The molecule has 0 unspecified atom stereocenters. The standard InChI is InChI=1S/C14H20FNO2/c1-18-11-8-4-7-10(12(11)15)13(16)14(17)9-5-2-3-6-9/h4,7-9,13-14,17H,2-3,5-6,16H2,1H3/t13-,14+/m0/s1. The molecular weight excluding hydrogens is 233 g/mol. The fourth-order valence-corrected chi connectivity index (χ4v) is 2.72. The van der Waals surface area contributed by atoms with Crippen LogP contribution < -0.4 is 10.5 Å². The fourth-order valence-electron chi connectivity index (χ4n) is 2.72. The van der Waals surface area contributed by atoms with Crippen molar-refractivity contribution in [1.82, 2.24) is 0 Å². The van der Waals surface area contributed by atoms with Crippen LogP contribution in [0.2, 0.25) is 0 Å². The summed E-state index contributed by atoms with van der Waals surface area (Å²) in [5, 5.41) is 10.2. The SMILES string of the molecule is COc1cccc([C@H](N)[C@H](O)C2CCCC2)c1F. The molecular formula is C14H20FNO2. The van der Waals surface area contributed by atoms with Crippen LogP contribution in [0.3, 0.4) is 0 Å². The average molecular weight is 253 g/mol. The van der Waals surface area contributed by atoms with Crippen LogP contribution >= 0.6 is 0 Å². The first-order valence-electron chi connectivity index (χ1n) is 6.41. The smallest absolute Gasteiger partial charge is 0.169 e. The zero-order chi connectivity index (χ0) is 13.1. The molecule has 0 heterocycles. The van der Waals surface area contributed by atoms with Gasteiger partial charge >= 0.3 is 0 Å². The minimum atomic E-state index is -0.691. The van der Waals surface area contributed by atoms with Gasteiger partial charge in [0.1, 0.15) is 0 Å². The second kappa shape index (κ2) is 5.67. The highest BCUT2D eigenvalue weighted by Gasteiger charge is 2.30. The Labute approximate surface area is 107 Å². The topological polar surface area (TPSA) is 55.5 Å². The predicted molar refractivity (Wildman–Crippen MR) is 67.8 cm³/mol. The molecule has 18 heavy (non-hydrogen) atoms. The monoisotopic (exact) mass is 253 g/mol. The Morgan fingerprint density at radius 2 is 2.06 bits per heavy atom. The van der Waals surface area contributed by atoms with E-state index in [0.29, 0.717) is 5.56 Å². The van der Waals surface area contributed by atoms with Crippen molar-refractivity contribution in [3.63, 3.8) is 0 Å². The molecule has 1 saturated carbocycles. The van der Waals surface area contributed by atoms with Gasteiger partial charge in [0.05, 0.1) is 19.3 Å². The van der Waals surface area contributed by atoms with E-state index in [0.717, 1.165) is 25.7 Å². The van der Waals surface area contributed by atoms with E-state index >= 15 is 0 Å². The minimum absolute atomic E-state index is 0.168. The normalized spacial score (nSPS) is 19.8. The van der Waals surface area contributed by atoms with Crippen LogP contribution in [0.1, 0.15) is 37.3 Å². The Kier molecular flexibility index (Phi) is 4.19. The zero-order valence-electron chi connectivity index (χ0n) is 10.6. The van der Waals surface area contributed by atoms with Crippen molar-refractivity contribution in [2.45, 2.75) is 37.8 Å². The van der Waals surface area contributed by atoms with Gasteiger partial charge in [-0.2, -0.15) is 0 Å². The summed E-state index contributed by atoms with van der Waals surface area (Å²) in [6.07, 6.45) is 3.50. The summed E-state index contributed by atoms with van der Waals surface area (Å²) in [4.78, 5) is 0. The first-order chi connectivity index (χ1) is 8.65. The van der Waals surface area contributed by atoms with E-state index in [1.54, 1.807) is 18.2 Å². The zero-order valence-corrected chi connectivity index (χ0v) is 10.6. The van der Waals surface area contributed by atoms with Gasteiger partial charge in [0, 0.05) is 5.56 Å². The average Bonchev–Trinajstić information content (AvgIpc) is 2.91. The van der Waals surface area contributed by atoms with Crippen molar-refractivity contribution in [3.8, 4) is 5.75 Å². The Bertz CT molecular complexity index is 405. The third kappa shape index (κ3) is 2.49. The van der Waals surface area contributed by atoms with Crippen LogP contribution in [0, 0.1) is 11.7 Å². The molecule has 0 amide bonds. The molecule has 1 fully saturated rings. The van der Waals surface area contributed by atoms with E-state index in [-0.39, 0.29) is 11.7 Å². The highest BCUT2D eigenvalue weighted by Crippen LogP contribution is 2.34. The summed E-state index contributed by atoms with van der Waals surface area (Å²) in [5.41, 5.74) is 6.32. The molecule has 3 N–H and O–H groups in total. The van der Waals surface area contributed by atoms with Crippen molar-refractivity contribution >= 4 is 0 Å². The van der Waals surface area contributed by atoms with Gasteiger partial charge in [-0.25, -0.2) is 4.39 Å². The summed E-state index contributed by atoms with van der Waals surface area (Å²) in [5.74, 6) is -0.114. The lowest BCUT2D eigenvalue weighted by molar-refractivity contribution is 0.0831. The second-order valence-electron chi connectivity index (χ2n) is 4.92. The maximum Gasteiger partial charge on any atom is 0.169 e. The molecule has 3 nitrogen and oxygen atoms in total. The summed E-state index contributed by atoms with van der Waals surface area (Å²) < 4.78 is 19.0. The fraction of sp³-hybridized carbons (Fsp3) is 0.571. The van der Waals surface area contributed by atoms with Crippen molar-refractivity contribution in [3.05, 3.63) is 29.6 Å². The number of hydrogen-bond donors (Lipinski definition) is 2. The van der Waals surface area contributed by atoms with Crippen LogP contribution in [-0.4, -0.2) is 18.3 Å². The van der Waals surface area contributed by atoms with Gasteiger partial charge in [0.2, 0.25) is 0 Å². The maximum atomic E-state index is 14.1. The molecule has 1 aliphatic carbocycles. The number of aliphatic hydroxyl groups is 1. The largest absolute Gasteiger partial charge is 0.494 e. The molecule has 1 aliphatic rings. The highest BCUT2D eigenvalue weighted by atomic mass is 19.1. The Morgan fingerprint density at radius 3 is 2.67 bits per heavy atom. The summed E-state index contributed by atoms with van der Waals surface area (Å²) >= 11 is 0. The number of benzene rings is 1. The molecule has 100 valence electrons. The molecule has 2 rings (SSSR count). The van der Waals surface area contributed by atoms with Gasteiger partial charge < -0.3 is 15.6 Å². The lowest BCUT2D eigenvalue weighted by Gasteiger charge is -2.25. The van der Waals surface area contributed by atoms with Gasteiger partial charge in [-0.05, 0) is 24.8 Å². The van der Waals surface area contributed by atoms with Crippen molar-refractivity contribution in [2.75, 3.05) is 7.11 Å². The highest BCUT2D eigenvalue weighted by molar-refractivity contribution is 5.33. The van der Waals surface area contributed by atoms with Gasteiger partial charge in [-0.15, -0.1) is 0 Å². The summed E-state index contributed by atoms with van der Waals surface area (Å²) in [6.45, 7) is 0. The first-order valence-corrected chi connectivity index (χ1v) is 6.41. The number of hydrogen-bond acceptors (Lipinski definition) is 3. The van der Waals surface area contributed by atoms with Crippen molar-refractivity contribution in [2.24, 2.45) is 11.7 Å². The van der Waals surface area contributed by atoms with Crippen LogP contribution in [0.15, 0.2) is 18.2 Å². The molecule has 0 aliphatic heterocycles. The van der Waals surface area contributed by atoms with E-state index in [9.17, 15) is 9.50 Å². The Balaban J connectivity index is 2.19. The van der Waals surface area contributed by atoms with E-state index < -0.39 is 18.0 Å². The number of ether oxygens (including phenoxy) is 1. The molecule has 2 atom stereocenters. The lowest BCUT2D eigenvalue weighted by Crippen LogP contribution is -2.32. The molecule has 4 heteroatoms. The third-order valence-electron chi connectivity index (χ3n) is 3.82. The predicted octanol–water partition coefficient (Wildman–Crippen LogP) is 2.39. The van der Waals surface area contributed by atoms with Crippen LogP contribution in [0.25, 0.3) is 0 Å². The van der Waals surface area contributed by atoms with Crippen molar-refractivity contribution < 1.29 is 14.2 Å². The van der Waals surface area contributed by atoms with E-state index in [2.05, 4.69) is 0 Å². The summed E-state index contributed by atoms with van der Waals surface area (Å²) in [7, 11) is 1.42. The van der Waals surface area contributed by atoms with E-state index in [1.165, 1.54) is 7.11 Å². The van der Waals surface area contributed by atoms with Gasteiger partial charge in [0.15, 0.2) is 11.6 Å². The number of rotatable bonds is 4. The van der Waals surface area contributed by atoms with Gasteiger partial charge in [0.25, 0.3) is 0 Å². The number of nitrogens with two attached hydrogens (primary N) is 1. The Hall–Kier alpha value is -1.13. The number of methoxy groups -OCH3 is 1. The third-order valence-corrected chi connectivity index (χ3v) is 3.82. The van der Waals surface area contributed by atoms with Crippen LogP contribution in [0.5, 0.6) is 5.75 Å². The molecule has 1 aromatic carbocycles. The molecule has 0 radical (unpaired) electrons. The quantitative estimate of drug-likeness (QED) is 0.866. The molecule has 1 aromatic rings. The first kappa shape index (κ1) is 13.3. The molecule has 0 saturated heterocycles. The van der Waals surface area contributed by atoms with E-state index in [1.807, 2.05) is 0 Å². The maximum absolute atomic E-state index is 14.1.